The molecule has 3 rings (SSSR count). The van der Waals surface area contributed by atoms with E-state index in [1.807, 2.05) is 6.07 Å². The summed E-state index contributed by atoms with van der Waals surface area (Å²) in [5.74, 6) is -2.84. The van der Waals surface area contributed by atoms with Crippen molar-refractivity contribution in [3.05, 3.63) is 62.6 Å². The third-order valence-corrected chi connectivity index (χ3v) is 6.17. The Hall–Kier alpha value is -2.91. The fourth-order valence-corrected chi connectivity index (χ4v) is 3.83. The number of hydrogen-bond donors (Lipinski definition) is 2. The van der Waals surface area contributed by atoms with E-state index in [1.165, 1.54) is 0 Å². The minimum atomic E-state index is -0.781. The number of anilines is 1. The first kappa shape index (κ1) is 23.7. The molecule has 1 atom stereocenters. The van der Waals surface area contributed by atoms with E-state index in [2.05, 4.69) is 26.7 Å². The predicted molar refractivity (Wildman–Crippen MR) is 122 cm³/mol. The van der Waals surface area contributed by atoms with E-state index in [0.717, 1.165) is 16.1 Å². The van der Waals surface area contributed by atoms with E-state index >= 15 is 0 Å². The lowest BCUT2D eigenvalue weighted by Crippen LogP contribution is -2.43. The normalized spacial score (nSPS) is 15.4. The van der Waals surface area contributed by atoms with Gasteiger partial charge >= 0.3 is 5.97 Å². The highest BCUT2D eigenvalue weighted by Gasteiger charge is 2.36. The first-order valence-electron chi connectivity index (χ1n) is 9.75. The summed E-state index contributed by atoms with van der Waals surface area (Å²) in [4.78, 5) is 49.2. The first-order valence-corrected chi connectivity index (χ1v) is 10.9. The second-order valence-electron chi connectivity index (χ2n) is 7.40. The minimum Gasteiger partial charge on any atom is -0.455 e. The Morgan fingerprint density at radius 1 is 1.19 bits per heavy atom. The Balaban J connectivity index is 1.51. The largest absolute Gasteiger partial charge is 0.455 e. The number of hydrazine groups is 1. The maximum Gasteiger partial charge on any atom is 0.311 e. The fraction of sp³-hybridized carbons (Fsp3) is 0.273. The zero-order chi connectivity index (χ0) is 23.4. The molecule has 2 aromatic rings. The number of nitrogens with zero attached hydrogens (tertiary/aromatic N) is 1. The van der Waals surface area contributed by atoms with Crippen molar-refractivity contribution in [2.75, 3.05) is 18.5 Å². The summed E-state index contributed by atoms with van der Waals surface area (Å²) in [5.41, 5.74) is 5.01. The molecule has 1 aliphatic rings. The maximum absolute atomic E-state index is 12.4. The monoisotopic (exact) mass is 521 g/mol. The van der Waals surface area contributed by atoms with Gasteiger partial charge in [0.15, 0.2) is 6.61 Å². The van der Waals surface area contributed by atoms with Gasteiger partial charge in [0.05, 0.1) is 17.5 Å². The van der Waals surface area contributed by atoms with Gasteiger partial charge in [-0.3, -0.25) is 29.6 Å². The molecule has 0 spiro atoms. The van der Waals surface area contributed by atoms with E-state index in [9.17, 15) is 19.2 Å². The van der Waals surface area contributed by atoms with Crippen LogP contribution in [0.15, 0.2) is 40.9 Å². The van der Waals surface area contributed by atoms with Crippen LogP contribution in [0.4, 0.5) is 5.69 Å². The molecular formula is C22H21BrClN3O5. The van der Waals surface area contributed by atoms with Gasteiger partial charge in [-0.05, 0) is 59.1 Å². The molecule has 0 aromatic heterocycles. The number of carbonyl (C=O) groups excluding carboxylic acids is 4. The zero-order valence-electron chi connectivity index (χ0n) is 17.4. The zero-order valence-corrected chi connectivity index (χ0v) is 19.7. The molecule has 2 N–H and O–H groups in total. The molecular weight excluding hydrogens is 502 g/mol. The Bertz CT molecular complexity index is 1090. The van der Waals surface area contributed by atoms with Crippen LogP contribution in [0.2, 0.25) is 5.02 Å². The number of benzene rings is 2. The van der Waals surface area contributed by atoms with Crippen LogP contribution in [-0.4, -0.2) is 41.9 Å². The number of rotatable bonds is 6. The summed E-state index contributed by atoms with van der Waals surface area (Å²) in [6, 6.07) is 10.3. The predicted octanol–water partition coefficient (Wildman–Crippen LogP) is 3.39. The third kappa shape index (κ3) is 5.66. The summed E-state index contributed by atoms with van der Waals surface area (Å²) in [7, 11) is 0. The van der Waals surface area contributed by atoms with Gasteiger partial charge in [0.2, 0.25) is 5.91 Å². The average molecular weight is 523 g/mol. The van der Waals surface area contributed by atoms with Crippen molar-refractivity contribution >= 4 is 56.9 Å². The molecule has 1 saturated heterocycles. The fourth-order valence-electron chi connectivity index (χ4n) is 3.21. The van der Waals surface area contributed by atoms with Crippen LogP contribution >= 0.6 is 27.5 Å². The molecule has 10 heteroatoms. The van der Waals surface area contributed by atoms with Crippen molar-refractivity contribution in [1.29, 1.82) is 0 Å². The topological polar surface area (TPSA) is 105 Å². The number of nitrogens with one attached hydrogen (secondary N) is 2. The van der Waals surface area contributed by atoms with E-state index in [4.69, 9.17) is 16.3 Å². The number of amides is 3. The number of carbonyl (C=O) groups is 4. The molecule has 3 amide bonds. The first-order chi connectivity index (χ1) is 15.2. The molecule has 1 fully saturated rings. The second kappa shape index (κ2) is 10.1. The van der Waals surface area contributed by atoms with E-state index < -0.39 is 36.2 Å². The summed E-state index contributed by atoms with van der Waals surface area (Å²) in [5, 5.41) is 4.17. The Morgan fingerprint density at radius 2 is 1.91 bits per heavy atom. The molecule has 8 nitrogen and oxygen atoms in total. The Labute approximate surface area is 198 Å². The lowest BCUT2D eigenvalue weighted by Gasteiger charge is -2.18. The van der Waals surface area contributed by atoms with Gasteiger partial charge < -0.3 is 10.1 Å². The molecule has 32 heavy (non-hydrogen) atoms. The molecule has 0 bridgehead atoms. The van der Waals surface area contributed by atoms with Crippen molar-refractivity contribution in [2.24, 2.45) is 5.92 Å². The van der Waals surface area contributed by atoms with Crippen LogP contribution in [0.1, 0.15) is 27.9 Å². The standard InChI is InChI=1S/C22H21BrClN3O5/c1-12-5-3-4-6-15(12)21(30)26-27-10-14(8-20(27)29)22(31)32-11-19(28)25-18-9-17(24)16(23)7-13(18)2/h3-7,9,14H,8,10-11H2,1-2H3,(H,25,28)(H,26,30)/t14-/m1/s1. The number of ether oxygens (including phenoxy) is 1. The van der Waals surface area contributed by atoms with Crippen molar-refractivity contribution in [2.45, 2.75) is 20.3 Å². The van der Waals surface area contributed by atoms with Gasteiger partial charge in [0.25, 0.3) is 11.8 Å². The summed E-state index contributed by atoms with van der Waals surface area (Å²) in [6.07, 6.45) is -0.115. The highest BCUT2D eigenvalue weighted by Crippen LogP contribution is 2.29. The van der Waals surface area contributed by atoms with Gasteiger partial charge in [-0.2, -0.15) is 0 Å². The van der Waals surface area contributed by atoms with Crippen LogP contribution in [0.3, 0.4) is 0 Å². The van der Waals surface area contributed by atoms with Crippen LogP contribution in [0.25, 0.3) is 0 Å². The summed E-state index contributed by atoms with van der Waals surface area (Å²) in [6.45, 7) is 3.05. The van der Waals surface area contributed by atoms with Gasteiger partial charge in [0.1, 0.15) is 0 Å². The van der Waals surface area contributed by atoms with Crippen molar-refractivity contribution in [3.8, 4) is 0 Å². The summed E-state index contributed by atoms with van der Waals surface area (Å²) < 4.78 is 5.77. The quantitative estimate of drug-likeness (QED) is 0.566. The van der Waals surface area contributed by atoms with E-state index in [1.54, 1.807) is 44.2 Å². The highest BCUT2D eigenvalue weighted by molar-refractivity contribution is 9.10. The van der Waals surface area contributed by atoms with Gasteiger partial charge in [-0.15, -0.1) is 0 Å². The SMILES string of the molecule is Cc1cc(Br)c(Cl)cc1NC(=O)COC(=O)[C@@H]1CC(=O)N(NC(=O)c2ccccc2C)C1. The smallest absolute Gasteiger partial charge is 0.311 e. The number of aryl methyl sites for hydroxylation is 2. The number of halogens is 2. The number of esters is 1. The molecule has 0 saturated carbocycles. The van der Waals surface area contributed by atoms with Crippen LogP contribution in [0.5, 0.6) is 0 Å². The second-order valence-corrected chi connectivity index (χ2v) is 8.66. The minimum absolute atomic E-state index is 0.0294. The number of hydrogen-bond acceptors (Lipinski definition) is 5. The summed E-state index contributed by atoms with van der Waals surface area (Å²) >= 11 is 9.35. The molecule has 0 radical (unpaired) electrons. The Kier molecular flexibility index (Phi) is 7.52. The molecule has 0 aliphatic carbocycles. The maximum atomic E-state index is 12.4. The van der Waals surface area contributed by atoms with Crippen LogP contribution in [-0.2, 0) is 19.1 Å². The van der Waals surface area contributed by atoms with Gasteiger partial charge in [-0.1, -0.05) is 29.8 Å². The van der Waals surface area contributed by atoms with E-state index in [-0.39, 0.29) is 13.0 Å². The average Bonchev–Trinajstić information content (AvgIpc) is 3.10. The Morgan fingerprint density at radius 3 is 2.62 bits per heavy atom. The highest BCUT2D eigenvalue weighted by atomic mass is 79.9. The van der Waals surface area contributed by atoms with Gasteiger partial charge in [0, 0.05) is 22.1 Å². The molecule has 1 heterocycles. The molecule has 2 aromatic carbocycles. The molecule has 168 valence electrons. The van der Waals surface area contributed by atoms with Crippen molar-refractivity contribution in [3.63, 3.8) is 0 Å². The lowest BCUT2D eigenvalue weighted by atomic mass is 10.1. The molecule has 1 aliphatic heterocycles. The van der Waals surface area contributed by atoms with Crippen molar-refractivity contribution < 1.29 is 23.9 Å². The molecule has 0 unspecified atom stereocenters. The van der Waals surface area contributed by atoms with Gasteiger partial charge in [-0.25, -0.2) is 0 Å². The van der Waals surface area contributed by atoms with E-state index in [0.29, 0.717) is 20.7 Å². The van der Waals surface area contributed by atoms with Crippen LogP contribution < -0.4 is 10.7 Å². The van der Waals surface area contributed by atoms with Crippen molar-refractivity contribution in [1.82, 2.24) is 10.4 Å². The third-order valence-electron chi connectivity index (χ3n) is 4.97. The lowest BCUT2D eigenvalue weighted by molar-refractivity contribution is -0.151. The van der Waals surface area contributed by atoms with Crippen LogP contribution in [0, 0.1) is 19.8 Å².